The molecule has 0 N–H and O–H groups in total. The molecule has 0 unspecified atom stereocenters. The van der Waals surface area contributed by atoms with Crippen LogP contribution in [0.25, 0.3) is 0 Å². The summed E-state index contributed by atoms with van der Waals surface area (Å²) in [4.78, 5) is 0. The Morgan fingerprint density at radius 3 is 1.39 bits per heavy atom. The molecule has 0 saturated heterocycles. The van der Waals surface area contributed by atoms with Crippen molar-refractivity contribution in [1.82, 2.24) is 0 Å². The summed E-state index contributed by atoms with van der Waals surface area (Å²) >= 11 is -3.50. The molecule has 0 saturated carbocycles. The molecule has 0 amide bonds. The third-order valence-corrected chi connectivity index (χ3v) is 12.7. The third-order valence-electron chi connectivity index (χ3n) is 4.87. The van der Waals surface area contributed by atoms with E-state index in [2.05, 4.69) is 0 Å². The fourth-order valence-electron chi connectivity index (χ4n) is 2.78. The van der Waals surface area contributed by atoms with Gasteiger partial charge >= 0.3 is 192 Å². The van der Waals surface area contributed by atoms with Gasteiger partial charge in [0.2, 0.25) is 0 Å². The zero-order valence-corrected chi connectivity index (χ0v) is 22.1. The molecule has 0 radical (unpaired) electrons. The van der Waals surface area contributed by atoms with E-state index in [0.29, 0.717) is 7.14 Å². The predicted molar refractivity (Wildman–Crippen MR) is 127 cm³/mol. The molecule has 2 aromatic carbocycles. The molecule has 2 aromatic rings. The van der Waals surface area contributed by atoms with E-state index in [-0.39, 0.29) is 10.8 Å². The Hall–Kier alpha value is -1.13. The van der Waals surface area contributed by atoms with Crippen LogP contribution in [0.5, 0.6) is 0 Å². The van der Waals surface area contributed by atoms with Gasteiger partial charge in [-0.05, 0) is 0 Å². The molecule has 2 rings (SSSR count). The van der Waals surface area contributed by atoms with E-state index in [9.17, 15) is 21.6 Å². The third kappa shape index (κ3) is 6.01. The van der Waals surface area contributed by atoms with Gasteiger partial charge in [0.15, 0.2) is 0 Å². The molecule has 3 nitrogen and oxygen atoms in total. The van der Waals surface area contributed by atoms with Crippen molar-refractivity contribution in [2.75, 3.05) is 0 Å². The normalized spacial score (nSPS) is 14.0. The van der Waals surface area contributed by atoms with Gasteiger partial charge in [-0.2, -0.15) is 0 Å². The van der Waals surface area contributed by atoms with E-state index in [4.69, 9.17) is 2.51 Å². The molecule has 0 spiro atoms. The molecule has 0 bridgehead atoms. The fourth-order valence-corrected chi connectivity index (χ4v) is 10.1. The summed E-state index contributed by atoms with van der Waals surface area (Å²) in [5.41, 5.74) is -2.73. The minimum atomic E-state index is -5.75. The van der Waals surface area contributed by atoms with Crippen molar-refractivity contribution in [2.24, 2.45) is 0 Å². The summed E-state index contributed by atoms with van der Waals surface area (Å²) in [6.07, 6.45) is 0. The van der Waals surface area contributed by atoms with E-state index >= 15 is 0 Å². The van der Waals surface area contributed by atoms with Crippen LogP contribution in [-0.2, 0) is 23.5 Å². The van der Waals surface area contributed by atoms with Crippen LogP contribution < -0.4 is 0 Å². The van der Waals surface area contributed by atoms with Crippen molar-refractivity contribution in [3.05, 3.63) is 65.8 Å². The van der Waals surface area contributed by atoms with Crippen LogP contribution in [0.3, 0.4) is 0 Å². The molecule has 174 valence electrons. The molecule has 0 heterocycles. The van der Waals surface area contributed by atoms with Crippen LogP contribution in [0.4, 0.5) is 13.2 Å². The molecule has 8 heteroatoms. The number of benzene rings is 2. The number of alkyl halides is 3. The summed E-state index contributed by atoms with van der Waals surface area (Å²) < 4.78 is 70.2. The Morgan fingerprint density at radius 1 is 0.742 bits per heavy atom. The zero-order valence-electron chi connectivity index (χ0n) is 19.1. The van der Waals surface area contributed by atoms with Crippen molar-refractivity contribution in [2.45, 2.75) is 71.7 Å². The monoisotopic (exact) mass is 570 g/mol. The maximum atomic E-state index is 13.3. The number of halogens is 4. The van der Waals surface area contributed by atoms with Gasteiger partial charge in [0.1, 0.15) is 0 Å². The van der Waals surface area contributed by atoms with Crippen LogP contribution >= 0.6 is 20.2 Å². The summed E-state index contributed by atoms with van der Waals surface area (Å²) in [7, 11) is -5.75. The van der Waals surface area contributed by atoms with Gasteiger partial charge in [-0.3, -0.25) is 0 Å². The first-order valence-electron chi connectivity index (χ1n) is 9.78. The van der Waals surface area contributed by atoms with Gasteiger partial charge in [-0.15, -0.1) is 0 Å². The first-order chi connectivity index (χ1) is 13.8. The second-order valence-corrected chi connectivity index (χ2v) is 16.0. The Balaban J connectivity index is 2.82. The molecule has 0 aliphatic carbocycles. The van der Waals surface area contributed by atoms with Crippen molar-refractivity contribution in [1.29, 1.82) is 0 Å². The van der Waals surface area contributed by atoms with Gasteiger partial charge in [0, 0.05) is 0 Å². The molecule has 0 atom stereocenters. The van der Waals surface area contributed by atoms with Crippen LogP contribution in [0.2, 0.25) is 0 Å². The van der Waals surface area contributed by atoms with Crippen LogP contribution in [-0.4, -0.2) is 13.9 Å². The fraction of sp³-hybridized carbons (Fsp3) is 0.478. The van der Waals surface area contributed by atoms with Gasteiger partial charge in [0.25, 0.3) is 0 Å². The molecular weight excluding hydrogens is 540 g/mol. The van der Waals surface area contributed by atoms with E-state index < -0.39 is 35.9 Å². The topological polar surface area (TPSA) is 43.4 Å². The molecule has 31 heavy (non-hydrogen) atoms. The van der Waals surface area contributed by atoms with Gasteiger partial charge < -0.3 is 0 Å². The van der Waals surface area contributed by atoms with Crippen LogP contribution in [0.15, 0.2) is 36.4 Å². The predicted octanol–water partition coefficient (Wildman–Crippen LogP) is 7.23. The molecule has 0 aliphatic heterocycles. The van der Waals surface area contributed by atoms with E-state index in [1.165, 1.54) is 0 Å². The molecular formula is C23H30F3IO3S. The first kappa shape index (κ1) is 26.1. The Kier molecular flexibility index (Phi) is 7.30. The summed E-state index contributed by atoms with van der Waals surface area (Å²) in [5, 5.41) is 0. The van der Waals surface area contributed by atoms with E-state index in [1.54, 1.807) is 13.8 Å². The Labute approximate surface area is 191 Å². The molecule has 0 fully saturated rings. The van der Waals surface area contributed by atoms with Crippen molar-refractivity contribution >= 4 is 30.4 Å². The van der Waals surface area contributed by atoms with Gasteiger partial charge in [-0.25, -0.2) is 0 Å². The first-order valence-corrected chi connectivity index (χ1v) is 14.2. The Morgan fingerprint density at radius 2 is 1.10 bits per heavy atom. The Bertz CT molecular complexity index is 999. The molecule has 0 aromatic heterocycles. The number of rotatable bonds is 4. The average Bonchev–Trinajstić information content (AvgIpc) is 2.58. The van der Waals surface area contributed by atoms with Crippen LogP contribution in [0, 0.1) is 21.0 Å². The standard InChI is InChI=1S/C23H30F3IO3S/c1-15-9-11-17(21(3,4)5)13-19(15)27(30-31(28,29)23(24,25)26)20-14-18(22(6,7)8)12-10-16(20)2/h9-14H,1-8H3. The summed E-state index contributed by atoms with van der Waals surface area (Å²) in [6.45, 7) is 15.5. The van der Waals surface area contributed by atoms with Crippen molar-refractivity contribution in [3.63, 3.8) is 0 Å². The van der Waals surface area contributed by atoms with Gasteiger partial charge in [0.05, 0.1) is 0 Å². The minimum absolute atomic E-state index is 0.254. The van der Waals surface area contributed by atoms with Crippen LogP contribution in [0.1, 0.15) is 63.8 Å². The number of hydrogen-bond donors (Lipinski definition) is 0. The maximum absolute atomic E-state index is 13.3. The second-order valence-electron chi connectivity index (χ2n) is 9.64. The second kappa shape index (κ2) is 8.67. The van der Waals surface area contributed by atoms with E-state index in [0.717, 1.165) is 22.3 Å². The van der Waals surface area contributed by atoms with E-state index in [1.807, 2.05) is 77.9 Å². The quantitative estimate of drug-likeness (QED) is 0.288. The zero-order chi connectivity index (χ0) is 24.0. The number of hydrogen-bond acceptors (Lipinski definition) is 3. The van der Waals surface area contributed by atoms with Crippen molar-refractivity contribution < 1.29 is 24.1 Å². The van der Waals surface area contributed by atoms with Gasteiger partial charge in [-0.1, -0.05) is 0 Å². The summed E-state index contributed by atoms with van der Waals surface area (Å²) in [6, 6.07) is 11.1. The average molecular weight is 570 g/mol. The summed E-state index contributed by atoms with van der Waals surface area (Å²) in [5.74, 6) is 0. The SMILES string of the molecule is Cc1ccc(C(C)(C)C)cc1I(OS(=O)(=O)C(F)(F)F)c1cc(C(C)(C)C)ccc1C. The number of aryl methyl sites for hydroxylation is 2. The van der Waals surface area contributed by atoms with Crippen molar-refractivity contribution in [3.8, 4) is 0 Å². The molecule has 0 aliphatic rings.